The molecule has 3 aromatic carbocycles. The lowest BCUT2D eigenvalue weighted by molar-refractivity contribution is -0.115. The third kappa shape index (κ3) is 4.66. The summed E-state index contributed by atoms with van der Waals surface area (Å²) >= 11 is 4.85. The smallest absolute Gasteiger partial charge is 0.261 e. The normalized spacial score (nSPS) is 16.5. The molecule has 0 bridgehead atoms. The average molecular weight is 517 g/mol. The highest BCUT2D eigenvalue weighted by Crippen LogP contribution is 2.43. The van der Waals surface area contributed by atoms with Crippen LogP contribution < -0.4 is 9.62 Å². The molecule has 0 saturated carbocycles. The van der Waals surface area contributed by atoms with Gasteiger partial charge in [0, 0.05) is 15.8 Å². The third-order valence-corrected chi connectivity index (χ3v) is 8.17. The Morgan fingerprint density at radius 2 is 1.77 bits per heavy atom. The van der Waals surface area contributed by atoms with Crippen LogP contribution >= 0.6 is 27.7 Å². The Kier molecular flexibility index (Phi) is 6.14. The molecule has 0 radical (unpaired) electrons. The summed E-state index contributed by atoms with van der Waals surface area (Å²) in [5.41, 5.74) is 4.38. The molecule has 8 heteroatoms. The lowest BCUT2D eigenvalue weighted by atomic mass is 10.1. The lowest BCUT2D eigenvalue weighted by Gasteiger charge is -2.26. The van der Waals surface area contributed by atoms with E-state index in [0.717, 1.165) is 26.9 Å². The third-order valence-electron chi connectivity index (χ3n) is 5.03. The van der Waals surface area contributed by atoms with Crippen LogP contribution in [0.4, 0.5) is 11.4 Å². The van der Waals surface area contributed by atoms with Gasteiger partial charge in [-0.25, -0.2) is 8.42 Å². The second-order valence-electron chi connectivity index (χ2n) is 7.40. The first-order valence-corrected chi connectivity index (χ1v) is 13.0. The molecule has 1 saturated heterocycles. The highest BCUT2D eigenvalue weighted by molar-refractivity contribution is 9.10. The zero-order valence-corrected chi connectivity index (χ0v) is 20.2. The zero-order valence-electron chi connectivity index (χ0n) is 17.0. The Hall–Kier alpha value is -2.29. The molecule has 31 heavy (non-hydrogen) atoms. The van der Waals surface area contributed by atoms with Crippen LogP contribution in [0.2, 0.25) is 0 Å². The summed E-state index contributed by atoms with van der Waals surface area (Å²) in [7, 11) is -3.72. The molecule has 1 fully saturated rings. The molecule has 4 rings (SSSR count). The fourth-order valence-electron chi connectivity index (χ4n) is 3.59. The predicted octanol–water partition coefficient (Wildman–Crippen LogP) is 5.65. The minimum absolute atomic E-state index is 0.0443. The molecule has 1 aliphatic rings. The second kappa shape index (κ2) is 8.68. The molecule has 1 amide bonds. The number of halogens is 1. The molecule has 0 spiro atoms. The first-order chi connectivity index (χ1) is 14.7. The summed E-state index contributed by atoms with van der Waals surface area (Å²) in [4.78, 5) is 14.7. The van der Waals surface area contributed by atoms with Gasteiger partial charge in [-0.3, -0.25) is 14.4 Å². The van der Waals surface area contributed by atoms with E-state index in [2.05, 4.69) is 26.7 Å². The Morgan fingerprint density at radius 1 is 1.03 bits per heavy atom. The van der Waals surface area contributed by atoms with Crippen molar-refractivity contribution in [2.75, 3.05) is 15.4 Å². The number of carbonyl (C=O) groups excluding carboxylic acids is 1. The van der Waals surface area contributed by atoms with E-state index in [1.54, 1.807) is 42.5 Å². The largest absolute Gasteiger partial charge is 0.295 e. The maximum Gasteiger partial charge on any atom is 0.261 e. The van der Waals surface area contributed by atoms with Gasteiger partial charge in [-0.1, -0.05) is 45.8 Å². The van der Waals surface area contributed by atoms with Gasteiger partial charge in [0.05, 0.1) is 10.6 Å². The van der Waals surface area contributed by atoms with Crippen LogP contribution in [-0.2, 0) is 14.8 Å². The molecule has 1 atom stereocenters. The van der Waals surface area contributed by atoms with Crippen LogP contribution in [0.5, 0.6) is 0 Å². The van der Waals surface area contributed by atoms with Gasteiger partial charge in [-0.2, -0.15) is 0 Å². The Bertz CT molecular complexity index is 1240. The van der Waals surface area contributed by atoms with Gasteiger partial charge in [0.2, 0.25) is 5.91 Å². The number of aryl methyl sites for hydroxylation is 2. The minimum Gasteiger partial charge on any atom is -0.295 e. The van der Waals surface area contributed by atoms with Gasteiger partial charge in [0.15, 0.2) is 0 Å². The highest BCUT2D eigenvalue weighted by atomic mass is 79.9. The molecule has 160 valence electrons. The summed E-state index contributed by atoms with van der Waals surface area (Å²) in [6, 6.07) is 19.7. The standard InChI is InChI=1S/C23H21BrN2O3S2/c1-15-6-11-21(16(2)12-15)26-22(27)14-30-23(26)17-4-3-5-19(13-17)25-31(28,29)20-9-7-18(24)8-10-20/h3-13,23,25H,14H2,1-2H3. The first kappa shape index (κ1) is 21.9. The SMILES string of the molecule is Cc1ccc(N2C(=O)CSC2c2cccc(NS(=O)(=O)c3ccc(Br)cc3)c2)c(C)c1. The monoisotopic (exact) mass is 516 g/mol. The molecule has 1 heterocycles. The van der Waals surface area contributed by atoms with Crippen molar-refractivity contribution in [1.29, 1.82) is 0 Å². The van der Waals surface area contributed by atoms with Gasteiger partial charge in [-0.05, 0) is 67.4 Å². The Morgan fingerprint density at radius 3 is 2.48 bits per heavy atom. The van der Waals surface area contributed by atoms with Crippen molar-refractivity contribution in [1.82, 2.24) is 0 Å². The van der Waals surface area contributed by atoms with E-state index >= 15 is 0 Å². The summed E-state index contributed by atoms with van der Waals surface area (Å²) in [5, 5.41) is -0.217. The van der Waals surface area contributed by atoms with E-state index in [-0.39, 0.29) is 16.2 Å². The summed E-state index contributed by atoms with van der Waals surface area (Å²) in [6.07, 6.45) is 0. The molecule has 5 nitrogen and oxygen atoms in total. The van der Waals surface area contributed by atoms with Crippen LogP contribution in [0.3, 0.4) is 0 Å². The molecule has 3 aromatic rings. The molecule has 1 N–H and O–H groups in total. The number of thioether (sulfide) groups is 1. The average Bonchev–Trinajstić information content (AvgIpc) is 3.09. The fraction of sp³-hybridized carbons (Fsp3) is 0.174. The molecule has 0 aliphatic carbocycles. The number of anilines is 2. The maximum atomic E-state index is 12.8. The Balaban J connectivity index is 1.64. The predicted molar refractivity (Wildman–Crippen MR) is 130 cm³/mol. The minimum atomic E-state index is -3.72. The van der Waals surface area contributed by atoms with E-state index in [9.17, 15) is 13.2 Å². The van der Waals surface area contributed by atoms with Gasteiger partial charge in [0.1, 0.15) is 5.37 Å². The van der Waals surface area contributed by atoms with E-state index in [1.807, 2.05) is 36.9 Å². The fourth-order valence-corrected chi connectivity index (χ4v) is 6.06. The number of amides is 1. The van der Waals surface area contributed by atoms with Crippen molar-refractivity contribution in [2.45, 2.75) is 24.1 Å². The van der Waals surface area contributed by atoms with E-state index < -0.39 is 10.0 Å². The number of rotatable bonds is 5. The van der Waals surface area contributed by atoms with E-state index in [1.165, 1.54) is 11.8 Å². The second-order valence-corrected chi connectivity index (χ2v) is 11.1. The number of sulfonamides is 1. The molecule has 0 aromatic heterocycles. The van der Waals surface area contributed by atoms with Gasteiger partial charge in [-0.15, -0.1) is 11.8 Å². The number of carbonyl (C=O) groups is 1. The van der Waals surface area contributed by atoms with E-state index in [4.69, 9.17) is 0 Å². The van der Waals surface area contributed by atoms with Crippen molar-refractivity contribution in [2.24, 2.45) is 0 Å². The van der Waals surface area contributed by atoms with Crippen molar-refractivity contribution < 1.29 is 13.2 Å². The number of hydrogen-bond acceptors (Lipinski definition) is 4. The molecular formula is C23H21BrN2O3S2. The van der Waals surface area contributed by atoms with Crippen LogP contribution in [0.15, 0.2) is 76.1 Å². The van der Waals surface area contributed by atoms with Gasteiger partial charge >= 0.3 is 0 Å². The van der Waals surface area contributed by atoms with Crippen molar-refractivity contribution >= 4 is 55.0 Å². The van der Waals surface area contributed by atoms with Crippen molar-refractivity contribution in [3.63, 3.8) is 0 Å². The van der Waals surface area contributed by atoms with Crippen LogP contribution in [-0.4, -0.2) is 20.1 Å². The Labute approximate surface area is 195 Å². The van der Waals surface area contributed by atoms with E-state index in [0.29, 0.717) is 11.4 Å². The zero-order chi connectivity index (χ0) is 22.2. The number of nitrogens with one attached hydrogen (secondary N) is 1. The molecule has 1 unspecified atom stereocenters. The number of hydrogen-bond donors (Lipinski definition) is 1. The summed E-state index contributed by atoms with van der Waals surface area (Å²) < 4.78 is 29.0. The van der Waals surface area contributed by atoms with Gasteiger partial charge < -0.3 is 0 Å². The number of nitrogens with zero attached hydrogens (tertiary/aromatic N) is 1. The van der Waals surface area contributed by atoms with Crippen LogP contribution in [0.1, 0.15) is 22.1 Å². The summed E-state index contributed by atoms with van der Waals surface area (Å²) in [6.45, 7) is 4.02. The van der Waals surface area contributed by atoms with Crippen molar-refractivity contribution in [3.8, 4) is 0 Å². The quantitative estimate of drug-likeness (QED) is 0.476. The highest BCUT2D eigenvalue weighted by Gasteiger charge is 2.35. The topological polar surface area (TPSA) is 66.5 Å². The maximum absolute atomic E-state index is 12.8. The lowest BCUT2D eigenvalue weighted by Crippen LogP contribution is -2.28. The van der Waals surface area contributed by atoms with Gasteiger partial charge in [0.25, 0.3) is 10.0 Å². The summed E-state index contributed by atoms with van der Waals surface area (Å²) in [5.74, 6) is 0.426. The van der Waals surface area contributed by atoms with Crippen LogP contribution in [0.25, 0.3) is 0 Å². The van der Waals surface area contributed by atoms with Crippen molar-refractivity contribution in [3.05, 3.63) is 87.9 Å². The van der Waals surface area contributed by atoms with Crippen LogP contribution in [0, 0.1) is 13.8 Å². The molecular weight excluding hydrogens is 496 g/mol. The first-order valence-electron chi connectivity index (χ1n) is 9.64. The molecule has 1 aliphatic heterocycles. The number of benzene rings is 3.